The van der Waals surface area contributed by atoms with Gasteiger partial charge in [0.1, 0.15) is 17.5 Å². The Labute approximate surface area is 132 Å². The van der Waals surface area contributed by atoms with Crippen LogP contribution < -0.4 is 0 Å². The van der Waals surface area contributed by atoms with Crippen LogP contribution in [-0.2, 0) is 5.41 Å². The van der Waals surface area contributed by atoms with Gasteiger partial charge in [0.25, 0.3) is 0 Å². The fourth-order valence-corrected chi connectivity index (χ4v) is 4.10. The van der Waals surface area contributed by atoms with Gasteiger partial charge in [-0.1, -0.05) is 11.6 Å². The summed E-state index contributed by atoms with van der Waals surface area (Å²) < 4.78 is 17.0. The lowest BCUT2D eigenvalue weighted by atomic mass is 9.90. The Hall–Kier alpha value is -0.940. The quantitative estimate of drug-likeness (QED) is 0.817. The molecule has 0 aromatic carbocycles. The third-order valence-corrected chi connectivity index (χ3v) is 5.92. The normalized spacial score (nSPS) is 19.2. The molecule has 0 aliphatic heterocycles. The number of rotatable bonds is 4. The Morgan fingerprint density at radius 1 is 1.29 bits per heavy atom. The van der Waals surface area contributed by atoms with Crippen LogP contribution in [0.25, 0.3) is 0 Å². The van der Waals surface area contributed by atoms with Gasteiger partial charge in [-0.2, -0.15) is 0 Å². The van der Waals surface area contributed by atoms with Gasteiger partial charge in [-0.15, -0.1) is 21.5 Å². The Balaban J connectivity index is 1.83. The molecule has 0 amide bonds. The van der Waals surface area contributed by atoms with Crippen molar-refractivity contribution in [2.75, 3.05) is 0 Å². The van der Waals surface area contributed by atoms with Crippen LogP contribution in [0.1, 0.15) is 68.0 Å². The summed E-state index contributed by atoms with van der Waals surface area (Å²) in [7, 11) is 0. The first-order valence-electron chi connectivity index (χ1n) is 7.39. The molecule has 0 saturated heterocycles. The molecule has 0 spiro atoms. The van der Waals surface area contributed by atoms with E-state index in [0.717, 1.165) is 11.6 Å². The summed E-state index contributed by atoms with van der Waals surface area (Å²) in [4.78, 5) is 0.643. The zero-order valence-electron chi connectivity index (χ0n) is 12.1. The van der Waals surface area contributed by atoms with Gasteiger partial charge in [0, 0.05) is 18.0 Å². The molecule has 2 fully saturated rings. The molecule has 2 aliphatic carbocycles. The SMILES string of the molecule is CC(C)(c1sc(Cl)cc1F)c1nnc(C2CC2)n1C1CC1. The fraction of sp³-hybridized carbons (Fsp3) is 0.600. The van der Waals surface area contributed by atoms with Gasteiger partial charge >= 0.3 is 0 Å². The van der Waals surface area contributed by atoms with E-state index in [-0.39, 0.29) is 5.82 Å². The summed E-state index contributed by atoms with van der Waals surface area (Å²) in [6.07, 6.45) is 4.75. The van der Waals surface area contributed by atoms with Crippen molar-refractivity contribution in [2.24, 2.45) is 0 Å². The Kier molecular flexibility index (Phi) is 2.95. The summed E-state index contributed by atoms with van der Waals surface area (Å²) in [5.74, 6) is 2.29. The Morgan fingerprint density at radius 3 is 2.52 bits per heavy atom. The zero-order chi connectivity index (χ0) is 14.8. The van der Waals surface area contributed by atoms with Gasteiger partial charge in [0.15, 0.2) is 0 Å². The molecular weight excluding hydrogens is 309 g/mol. The Morgan fingerprint density at radius 2 is 2.00 bits per heavy atom. The van der Waals surface area contributed by atoms with Crippen LogP contribution in [0.3, 0.4) is 0 Å². The van der Waals surface area contributed by atoms with Gasteiger partial charge < -0.3 is 4.57 Å². The molecule has 0 radical (unpaired) electrons. The highest BCUT2D eigenvalue weighted by Gasteiger charge is 2.41. The van der Waals surface area contributed by atoms with E-state index in [0.29, 0.717) is 21.2 Å². The van der Waals surface area contributed by atoms with E-state index in [1.807, 2.05) is 13.8 Å². The predicted octanol–water partition coefficient (Wildman–Crippen LogP) is 4.67. The van der Waals surface area contributed by atoms with Crippen molar-refractivity contribution in [2.45, 2.75) is 56.9 Å². The molecule has 6 heteroatoms. The maximum absolute atomic E-state index is 14.2. The second-order valence-electron chi connectivity index (χ2n) is 6.61. The first-order valence-corrected chi connectivity index (χ1v) is 8.58. The molecular formula is C15H17ClFN3S. The van der Waals surface area contributed by atoms with Crippen molar-refractivity contribution >= 4 is 22.9 Å². The second kappa shape index (κ2) is 4.53. The van der Waals surface area contributed by atoms with Crippen molar-refractivity contribution in [3.8, 4) is 0 Å². The third kappa shape index (κ3) is 2.21. The minimum Gasteiger partial charge on any atom is -0.311 e. The topological polar surface area (TPSA) is 30.7 Å². The van der Waals surface area contributed by atoms with Gasteiger partial charge in [-0.05, 0) is 39.5 Å². The van der Waals surface area contributed by atoms with E-state index in [9.17, 15) is 4.39 Å². The average Bonchev–Trinajstić information content (AvgIpc) is 3.34. The molecule has 2 aromatic heterocycles. The largest absolute Gasteiger partial charge is 0.311 e. The minimum absolute atomic E-state index is 0.242. The number of aromatic nitrogens is 3. The van der Waals surface area contributed by atoms with Gasteiger partial charge in [-0.3, -0.25) is 0 Å². The standard InChI is InChI=1S/C15H17ClFN3S/c1-15(2,12-10(17)7-11(16)21-12)14-19-18-13(8-3-4-8)20(14)9-5-6-9/h7-9H,3-6H2,1-2H3. The van der Waals surface area contributed by atoms with E-state index >= 15 is 0 Å². The molecule has 4 rings (SSSR count). The van der Waals surface area contributed by atoms with Crippen LogP contribution in [0.15, 0.2) is 6.07 Å². The van der Waals surface area contributed by atoms with Crippen molar-refractivity contribution in [1.29, 1.82) is 0 Å². The van der Waals surface area contributed by atoms with Crippen LogP contribution in [0.2, 0.25) is 4.34 Å². The average molecular weight is 326 g/mol. The number of halogens is 2. The molecule has 0 atom stereocenters. The Bertz CT molecular complexity index is 698. The van der Waals surface area contributed by atoms with Gasteiger partial charge in [0.05, 0.1) is 14.6 Å². The fourth-order valence-electron chi connectivity index (χ4n) is 2.91. The highest BCUT2D eigenvalue weighted by molar-refractivity contribution is 7.16. The van der Waals surface area contributed by atoms with E-state index in [1.165, 1.54) is 43.1 Å². The van der Waals surface area contributed by atoms with Gasteiger partial charge in [0.2, 0.25) is 0 Å². The van der Waals surface area contributed by atoms with Crippen LogP contribution in [-0.4, -0.2) is 14.8 Å². The number of hydrogen-bond donors (Lipinski definition) is 0. The molecule has 2 heterocycles. The van der Waals surface area contributed by atoms with E-state index in [1.54, 1.807) is 0 Å². The smallest absolute Gasteiger partial charge is 0.144 e. The maximum atomic E-state index is 14.2. The minimum atomic E-state index is -0.509. The zero-order valence-corrected chi connectivity index (χ0v) is 13.6. The van der Waals surface area contributed by atoms with E-state index in [4.69, 9.17) is 11.6 Å². The molecule has 3 nitrogen and oxygen atoms in total. The molecule has 0 N–H and O–H groups in total. The maximum Gasteiger partial charge on any atom is 0.144 e. The third-order valence-electron chi connectivity index (χ3n) is 4.36. The molecule has 21 heavy (non-hydrogen) atoms. The van der Waals surface area contributed by atoms with Crippen molar-refractivity contribution in [1.82, 2.24) is 14.8 Å². The molecule has 0 unspecified atom stereocenters. The highest BCUT2D eigenvalue weighted by atomic mass is 35.5. The second-order valence-corrected chi connectivity index (χ2v) is 8.29. The van der Waals surface area contributed by atoms with Crippen molar-refractivity contribution in [3.63, 3.8) is 0 Å². The molecule has 2 aromatic rings. The van der Waals surface area contributed by atoms with Crippen LogP contribution >= 0.6 is 22.9 Å². The van der Waals surface area contributed by atoms with Gasteiger partial charge in [-0.25, -0.2) is 4.39 Å². The summed E-state index contributed by atoms with van der Waals surface area (Å²) in [6.45, 7) is 4.02. The first kappa shape index (κ1) is 13.7. The predicted molar refractivity (Wildman–Crippen MR) is 81.7 cm³/mol. The van der Waals surface area contributed by atoms with E-state index in [2.05, 4.69) is 14.8 Å². The first-order chi connectivity index (χ1) is 9.98. The van der Waals surface area contributed by atoms with E-state index < -0.39 is 5.41 Å². The molecule has 2 aliphatic rings. The van der Waals surface area contributed by atoms with Crippen LogP contribution in [0, 0.1) is 5.82 Å². The summed E-state index contributed by atoms with van der Waals surface area (Å²) >= 11 is 7.27. The van der Waals surface area contributed by atoms with Crippen LogP contribution in [0.5, 0.6) is 0 Å². The lowest BCUT2D eigenvalue weighted by Gasteiger charge is -2.24. The number of thiophene rings is 1. The highest BCUT2D eigenvalue weighted by Crippen LogP contribution is 2.48. The summed E-state index contributed by atoms with van der Waals surface area (Å²) in [6, 6.07) is 1.89. The number of nitrogens with zero attached hydrogens (tertiary/aromatic N) is 3. The molecule has 2 saturated carbocycles. The van der Waals surface area contributed by atoms with Crippen molar-refractivity contribution < 1.29 is 4.39 Å². The summed E-state index contributed by atoms with van der Waals surface area (Å²) in [5, 5.41) is 8.88. The van der Waals surface area contributed by atoms with Crippen LogP contribution in [0.4, 0.5) is 4.39 Å². The molecule has 0 bridgehead atoms. The summed E-state index contributed by atoms with van der Waals surface area (Å²) in [5.41, 5.74) is -0.509. The van der Waals surface area contributed by atoms with Crippen molar-refractivity contribution in [3.05, 3.63) is 32.7 Å². The lowest BCUT2D eigenvalue weighted by molar-refractivity contribution is 0.504. The monoisotopic (exact) mass is 325 g/mol. The lowest BCUT2D eigenvalue weighted by Crippen LogP contribution is -2.25. The molecule has 112 valence electrons. The number of hydrogen-bond acceptors (Lipinski definition) is 3.